The van der Waals surface area contributed by atoms with Gasteiger partial charge in [0, 0.05) is 31.1 Å². The molecular weight excluding hydrogens is 398 g/mol. The van der Waals surface area contributed by atoms with E-state index in [1.54, 1.807) is 6.07 Å². The quantitative estimate of drug-likeness (QED) is 0.627. The van der Waals surface area contributed by atoms with Crippen LogP contribution in [-0.4, -0.2) is 35.5 Å². The molecule has 158 valence electrons. The molecule has 0 atom stereocenters. The summed E-state index contributed by atoms with van der Waals surface area (Å²) in [6.07, 6.45) is -0.219. The molecule has 2 aromatic rings. The molecular formula is C20H27ClF2N6. The highest BCUT2D eigenvalue weighted by Gasteiger charge is 2.39. The SMILES string of the molecule is CC(C)(C)CNc1nc(NCc2ccccc2Cl)c(N)c(N2CCC(F)(F)C2)n1. The van der Waals surface area contributed by atoms with E-state index in [-0.39, 0.29) is 24.1 Å². The summed E-state index contributed by atoms with van der Waals surface area (Å²) in [5.41, 5.74) is 7.39. The molecule has 0 aliphatic carbocycles. The summed E-state index contributed by atoms with van der Waals surface area (Å²) in [6, 6.07) is 7.44. The van der Waals surface area contributed by atoms with Crippen molar-refractivity contribution in [3.05, 3.63) is 34.9 Å². The molecule has 0 unspecified atom stereocenters. The third-order valence-corrected chi connectivity index (χ3v) is 4.94. The number of nitrogen functional groups attached to an aromatic ring is 1. The van der Waals surface area contributed by atoms with Crippen LogP contribution >= 0.6 is 11.6 Å². The lowest BCUT2D eigenvalue weighted by atomic mass is 9.97. The van der Waals surface area contributed by atoms with Crippen LogP contribution in [-0.2, 0) is 6.54 Å². The zero-order valence-electron chi connectivity index (χ0n) is 16.9. The summed E-state index contributed by atoms with van der Waals surface area (Å²) in [4.78, 5) is 10.4. The molecule has 0 amide bonds. The monoisotopic (exact) mass is 424 g/mol. The summed E-state index contributed by atoms with van der Waals surface area (Å²) in [5.74, 6) is -1.69. The first-order valence-electron chi connectivity index (χ1n) is 9.55. The molecule has 9 heteroatoms. The lowest BCUT2D eigenvalue weighted by molar-refractivity contribution is 0.0257. The Kier molecular flexibility index (Phi) is 6.03. The summed E-state index contributed by atoms with van der Waals surface area (Å²) >= 11 is 6.22. The van der Waals surface area contributed by atoms with Crippen molar-refractivity contribution >= 4 is 34.9 Å². The van der Waals surface area contributed by atoms with Crippen LogP contribution in [0.4, 0.5) is 32.1 Å². The lowest BCUT2D eigenvalue weighted by Crippen LogP contribution is -2.28. The number of nitrogens with two attached hydrogens (primary N) is 1. The zero-order valence-corrected chi connectivity index (χ0v) is 17.7. The van der Waals surface area contributed by atoms with Gasteiger partial charge in [-0.1, -0.05) is 50.6 Å². The van der Waals surface area contributed by atoms with Gasteiger partial charge in [0.2, 0.25) is 5.95 Å². The maximum absolute atomic E-state index is 13.8. The second-order valence-corrected chi connectivity index (χ2v) is 8.93. The number of nitrogens with one attached hydrogen (secondary N) is 2. The fourth-order valence-electron chi connectivity index (χ4n) is 2.99. The van der Waals surface area contributed by atoms with Gasteiger partial charge in [0.1, 0.15) is 5.69 Å². The lowest BCUT2D eigenvalue weighted by Gasteiger charge is -2.23. The van der Waals surface area contributed by atoms with Crippen molar-refractivity contribution in [2.45, 2.75) is 39.7 Å². The Balaban J connectivity index is 1.88. The van der Waals surface area contributed by atoms with E-state index in [0.717, 1.165) is 5.56 Å². The summed E-state index contributed by atoms with van der Waals surface area (Å²) in [5, 5.41) is 6.99. The first kappa shape index (κ1) is 21.4. The van der Waals surface area contributed by atoms with Gasteiger partial charge in [-0.3, -0.25) is 0 Å². The molecule has 0 bridgehead atoms. The topological polar surface area (TPSA) is 79.1 Å². The molecule has 2 heterocycles. The second-order valence-electron chi connectivity index (χ2n) is 8.52. The number of aromatic nitrogens is 2. The molecule has 1 aliphatic heterocycles. The minimum Gasteiger partial charge on any atom is -0.393 e. The van der Waals surface area contributed by atoms with E-state index in [0.29, 0.717) is 35.7 Å². The molecule has 6 nitrogen and oxygen atoms in total. The van der Waals surface area contributed by atoms with Crippen LogP contribution < -0.4 is 21.3 Å². The van der Waals surface area contributed by atoms with E-state index in [4.69, 9.17) is 17.3 Å². The number of benzene rings is 1. The third-order valence-electron chi connectivity index (χ3n) is 4.58. The van der Waals surface area contributed by atoms with E-state index in [1.165, 1.54) is 4.90 Å². The van der Waals surface area contributed by atoms with Crippen molar-refractivity contribution in [2.24, 2.45) is 5.41 Å². The number of alkyl halides is 2. The zero-order chi connectivity index (χ0) is 21.2. The van der Waals surface area contributed by atoms with Crippen LogP contribution in [0.25, 0.3) is 0 Å². The molecule has 1 fully saturated rings. The van der Waals surface area contributed by atoms with Gasteiger partial charge in [0.05, 0.1) is 6.54 Å². The standard InChI is InChI=1S/C20H27ClF2N6/c1-19(2,3)11-26-18-27-16(25-10-13-6-4-5-7-14(13)21)15(24)17(28-18)29-9-8-20(22,23)12-29/h4-7H,8-12,24H2,1-3H3,(H2,25,26,27,28). The molecule has 3 rings (SSSR count). The highest BCUT2D eigenvalue weighted by Crippen LogP contribution is 2.36. The van der Waals surface area contributed by atoms with Crippen LogP contribution in [0.3, 0.4) is 0 Å². The van der Waals surface area contributed by atoms with Crippen LogP contribution in [0.2, 0.25) is 5.02 Å². The Morgan fingerprint density at radius 2 is 1.93 bits per heavy atom. The molecule has 1 aliphatic rings. The van der Waals surface area contributed by atoms with Gasteiger partial charge in [-0.25, -0.2) is 8.78 Å². The Hall–Kier alpha value is -2.35. The number of halogens is 3. The maximum atomic E-state index is 13.8. The van der Waals surface area contributed by atoms with Crippen molar-refractivity contribution in [3.63, 3.8) is 0 Å². The highest BCUT2D eigenvalue weighted by atomic mass is 35.5. The van der Waals surface area contributed by atoms with Crippen molar-refractivity contribution in [2.75, 3.05) is 40.9 Å². The van der Waals surface area contributed by atoms with Gasteiger partial charge in [0.15, 0.2) is 11.6 Å². The highest BCUT2D eigenvalue weighted by molar-refractivity contribution is 6.31. The third kappa shape index (κ3) is 5.59. The number of hydrogen-bond acceptors (Lipinski definition) is 6. The molecule has 0 radical (unpaired) electrons. The molecule has 1 aromatic heterocycles. The van der Waals surface area contributed by atoms with Crippen LogP contribution in [0, 0.1) is 5.41 Å². The van der Waals surface area contributed by atoms with E-state index in [9.17, 15) is 8.78 Å². The number of nitrogens with zero attached hydrogens (tertiary/aromatic N) is 3. The first-order valence-corrected chi connectivity index (χ1v) is 9.93. The molecule has 1 aromatic carbocycles. The van der Waals surface area contributed by atoms with Gasteiger partial charge in [-0.05, 0) is 17.0 Å². The van der Waals surface area contributed by atoms with Crippen LogP contribution in [0.1, 0.15) is 32.8 Å². The fraction of sp³-hybridized carbons (Fsp3) is 0.500. The summed E-state index contributed by atoms with van der Waals surface area (Å²) < 4.78 is 27.5. The predicted octanol–water partition coefficient (Wildman–Crippen LogP) is 4.63. The van der Waals surface area contributed by atoms with E-state index >= 15 is 0 Å². The van der Waals surface area contributed by atoms with Crippen molar-refractivity contribution < 1.29 is 8.78 Å². The fourth-order valence-corrected chi connectivity index (χ4v) is 3.20. The minimum absolute atomic E-state index is 0.00323. The van der Waals surface area contributed by atoms with E-state index in [1.807, 2.05) is 18.2 Å². The van der Waals surface area contributed by atoms with Gasteiger partial charge >= 0.3 is 0 Å². The molecule has 0 saturated carbocycles. The predicted molar refractivity (Wildman–Crippen MR) is 115 cm³/mol. The largest absolute Gasteiger partial charge is 0.393 e. The average molecular weight is 425 g/mol. The van der Waals surface area contributed by atoms with Gasteiger partial charge in [-0.2, -0.15) is 9.97 Å². The van der Waals surface area contributed by atoms with Crippen molar-refractivity contribution in [1.29, 1.82) is 0 Å². The van der Waals surface area contributed by atoms with Crippen LogP contribution in [0.5, 0.6) is 0 Å². The maximum Gasteiger partial charge on any atom is 0.266 e. The smallest absolute Gasteiger partial charge is 0.266 e. The van der Waals surface area contributed by atoms with Crippen molar-refractivity contribution in [1.82, 2.24) is 9.97 Å². The van der Waals surface area contributed by atoms with Crippen molar-refractivity contribution in [3.8, 4) is 0 Å². The Morgan fingerprint density at radius 1 is 1.21 bits per heavy atom. The van der Waals surface area contributed by atoms with Gasteiger partial charge in [0.25, 0.3) is 5.92 Å². The second kappa shape index (κ2) is 8.18. The molecule has 4 N–H and O–H groups in total. The average Bonchev–Trinajstić information content (AvgIpc) is 3.00. The van der Waals surface area contributed by atoms with Gasteiger partial charge < -0.3 is 21.3 Å². The summed E-state index contributed by atoms with van der Waals surface area (Å²) in [7, 11) is 0. The number of rotatable bonds is 6. The Bertz CT molecular complexity index is 869. The van der Waals surface area contributed by atoms with E-state index < -0.39 is 12.5 Å². The van der Waals surface area contributed by atoms with Crippen LogP contribution in [0.15, 0.2) is 24.3 Å². The van der Waals surface area contributed by atoms with E-state index in [2.05, 4.69) is 41.4 Å². The normalized spacial score (nSPS) is 16.1. The minimum atomic E-state index is -2.75. The first-order chi connectivity index (χ1) is 13.5. The molecule has 1 saturated heterocycles. The number of hydrogen-bond donors (Lipinski definition) is 3. The number of anilines is 4. The Morgan fingerprint density at radius 3 is 2.55 bits per heavy atom. The van der Waals surface area contributed by atoms with Gasteiger partial charge in [-0.15, -0.1) is 0 Å². The molecule has 29 heavy (non-hydrogen) atoms. The molecule has 0 spiro atoms. The summed E-state index contributed by atoms with van der Waals surface area (Å²) in [6.45, 7) is 7.04. The Labute approximate surface area is 174 Å².